The Labute approximate surface area is 75.5 Å². The predicted molar refractivity (Wildman–Crippen MR) is 51.0 cm³/mol. The molecule has 0 radical (unpaired) electrons. The first-order valence-corrected chi connectivity index (χ1v) is 4.87. The summed E-state index contributed by atoms with van der Waals surface area (Å²) in [6.07, 6.45) is 5.56. The maximum Gasteiger partial charge on any atom is 0.208 e. The summed E-state index contributed by atoms with van der Waals surface area (Å²) in [5.41, 5.74) is 0. The van der Waals surface area contributed by atoms with Gasteiger partial charge in [0.05, 0.1) is 0 Å². The second-order valence-electron chi connectivity index (χ2n) is 2.08. The molecule has 0 aromatic heterocycles. The average molecular weight is 222 g/mol. The van der Waals surface area contributed by atoms with Crippen LogP contribution in [-0.2, 0) is 0 Å². The number of halogens is 2. The molecule has 0 rings (SSSR count). The number of hydrogen-bond acceptors (Lipinski definition) is 1. The Kier molecular flexibility index (Phi) is 7.79. The van der Waals surface area contributed by atoms with Crippen LogP contribution in [0.15, 0.2) is 17.0 Å². The van der Waals surface area contributed by atoms with Gasteiger partial charge < -0.3 is 0 Å². The molecule has 3 heteroatoms. The van der Waals surface area contributed by atoms with Crippen molar-refractivity contribution in [2.75, 3.05) is 5.33 Å². The molecule has 0 heterocycles. The van der Waals surface area contributed by atoms with E-state index >= 15 is 0 Å². The van der Waals surface area contributed by atoms with Gasteiger partial charge >= 0.3 is 0 Å². The van der Waals surface area contributed by atoms with Crippen LogP contribution in [0.3, 0.4) is 0 Å². The molecular formula is C8H13BrFN. The van der Waals surface area contributed by atoms with Crippen molar-refractivity contribution < 1.29 is 4.39 Å². The zero-order valence-electron chi connectivity index (χ0n) is 6.69. The molecule has 0 aromatic rings. The van der Waals surface area contributed by atoms with Crippen LogP contribution >= 0.6 is 15.9 Å². The van der Waals surface area contributed by atoms with Crippen molar-refractivity contribution in [2.45, 2.75) is 26.2 Å². The minimum atomic E-state index is -0.368. The van der Waals surface area contributed by atoms with Crippen LogP contribution in [0.4, 0.5) is 4.39 Å². The largest absolute Gasteiger partial charge is 0.233 e. The normalized spacial score (nSPS) is 12.8. The molecule has 0 aromatic carbocycles. The molecule has 0 saturated carbocycles. The maximum atomic E-state index is 12.6. The van der Waals surface area contributed by atoms with Crippen LogP contribution in [-0.4, -0.2) is 11.5 Å². The van der Waals surface area contributed by atoms with E-state index in [9.17, 15) is 4.39 Å². The van der Waals surface area contributed by atoms with Crippen LogP contribution in [0.5, 0.6) is 0 Å². The Balaban J connectivity index is 3.53. The number of alkyl halides is 1. The Morgan fingerprint density at radius 2 is 2.36 bits per heavy atom. The van der Waals surface area contributed by atoms with Gasteiger partial charge in [0.2, 0.25) is 5.95 Å². The first-order chi connectivity index (χ1) is 5.31. The first kappa shape index (κ1) is 10.8. The van der Waals surface area contributed by atoms with Gasteiger partial charge in [-0.1, -0.05) is 22.9 Å². The summed E-state index contributed by atoms with van der Waals surface area (Å²) in [6.45, 7) is 1.93. The van der Waals surface area contributed by atoms with E-state index in [0.717, 1.165) is 24.6 Å². The molecule has 0 aliphatic rings. The van der Waals surface area contributed by atoms with E-state index in [-0.39, 0.29) is 5.95 Å². The fraction of sp³-hybridized carbons (Fsp3) is 0.625. The third-order valence-electron chi connectivity index (χ3n) is 1.05. The molecule has 0 aliphatic heterocycles. The molecule has 0 bridgehead atoms. The van der Waals surface area contributed by atoms with Crippen molar-refractivity contribution >= 4 is 22.1 Å². The number of nitrogens with zero attached hydrogens (tertiary/aromatic N) is 1. The molecule has 0 spiro atoms. The van der Waals surface area contributed by atoms with Crippen LogP contribution < -0.4 is 0 Å². The number of hydrogen-bond donors (Lipinski definition) is 0. The standard InChI is InChI=1S/C8H13BrFN/c1-2-7-11-8(10)5-3-4-6-9/h5,7H,2-4,6H2,1H3/b8-5-,11-7?. The van der Waals surface area contributed by atoms with Crippen molar-refractivity contribution in [3.05, 3.63) is 12.0 Å². The molecule has 64 valence electrons. The molecule has 0 amide bonds. The molecule has 0 aliphatic carbocycles. The smallest absolute Gasteiger partial charge is 0.208 e. The Morgan fingerprint density at radius 1 is 1.64 bits per heavy atom. The van der Waals surface area contributed by atoms with Gasteiger partial charge in [-0.05, 0) is 25.3 Å². The maximum absolute atomic E-state index is 12.6. The summed E-state index contributed by atoms with van der Waals surface area (Å²) < 4.78 is 12.6. The molecule has 1 nitrogen and oxygen atoms in total. The van der Waals surface area contributed by atoms with Gasteiger partial charge in [0, 0.05) is 11.5 Å². The highest BCUT2D eigenvalue weighted by Crippen LogP contribution is 2.03. The van der Waals surface area contributed by atoms with E-state index in [1.165, 1.54) is 6.08 Å². The van der Waals surface area contributed by atoms with Crippen molar-refractivity contribution in [1.82, 2.24) is 0 Å². The summed E-state index contributed by atoms with van der Waals surface area (Å²) in [6, 6.07) is 0. The third-order valence-corrected chi connectivity index (χ3v) is 1.61. The Bertz CT molecular complexity index is 143. The van der Waals surface area contributed by atoms with E-state index in [1.54, 1.807) is 6.21 Å². The highest BCUT2D eigenvalue weighted by Gasteiger charge is 1.86. The minimum Gasteiger partial charge on any atom is -0.233 e. The van der Waals surface area contributed by atoms with E-state index in [1.807, 2.05) is 6.92 Å². The second kappa shape index (κ2) is 7.92. The summed E-state index contributed by atoms with van der Waals surface area (Å²) in [7, 11) is 0. The number of unbranched alkanes of at least 4 members (excludes halogenated alkanes) is 1. The quantitative estimate of drug-likeness (QED) is 0.292. The van der Waals surface area contributed by atoms with Gasteiger partial charge in [-0.2, -0.15) is 4.39 Å². The molecule has 0 saturated heterocycles. The first-order valence-electron chi connectivity index (χ1n) is 3.75. The SMILES string of the molecule is CCC=N/C(F)=C\CCCBr. The highest BCUT2D eigenvalue weighted by atomic mass is 79.9. The lowest BCUT2D eigenvalue weighted by Gasteiger charge is -1.88. The van der Waals surface area contributed by atoms with E-state index < -0.39 is 0 Å². The van der Waals surface area contributed by atoms with Crippen LogP contribution in [0.2, 0.25) is 0 Å². The van der Waals surface area contributed by atoms with Gasteiger partial charge in [-0.3, -0.25) is 0 Å². The Morgan fingerprint density at radius 3 is 2.91 bits per heavy atom. The number of allylic oxidation sites excluding steroid dienone is 1. The lowest BCUT2D eigenvalue weighted by atomic mass is 10.3. The topological polar surface area (TPSA) is 12.4 Å². The van der Waals surface area contributed by atoms with Crippen LogP contribution in [0.25, 0.3) is 0 Å². The van der Waals surface area contributed by atoms with E-state index in [0.29, 0.717) is 0 Å². The highest BCUT2D eigenvalue weighted by molar-refractivity contribution is 9.09. The summed E-state index contributed by atoms with van der Waals surface area (Å²) >= 11 is 3.26. The third kappa shape index (κ3) is 7.72. The Hall–Kier alpha value is -0.180. The van der Waals surface area contributed by atoms with Crippen molar-refractivity contribution in [1.29, 1.82) is 0 Å². The minimum absolute atomic E-state index is 0.368. The number of aliphatic imine (C=N–C) groups is 1. The van der Waals surface area contributed by atoms with E-state index in [4.69, 9.17) is 0 Å². The van der Waals surface area contributed by atoms with Crippen molar-refractivity contribution in [2.24, 2.45) is 4.99 Å². The average Bonchev–Trinajstić information content (AvgIpc) is 2.01. The zero-order valence-corrected chi connectivity index (χ0v) is 8.27. The molecule has 0 unspecified atom stereocenters. The fourth-order valence-electron chi connectivity index (χ4n) is 0.530. The monoisotopic (exact) mass is 221 g/mol. The lowest BCUT2D eigenvalue weighted by molar-refractivity contribution is 0.621. The molecule has 0 atom stereocenters. The van der Waals surface area contributed by atoms with Gasteiger partial charge in [0.1, 0.15) is 0 Å². The van der Waals surface area contributed by atoms with Gasteiger partial charge in [-0.15, -0.1) is 0 Å². The summed E-state index contributed by atoms with van der Waals surface area (Å²) in [5.74, 6) is -0.368. The summed E-state index contributed by atoms with van der Waals surface area (Å²) in [5, 5.41) is 0.911. The van der Waals surface area contributed by atoms with Crippen LogP contribution in [0, 0.1) is 0 Å². The van der Waals surface area contributed by atoms with Crippen molar-refractivity contribution in [3.8, 4) is 0 Å². The second-order valence-corrected chi connectivity index (χ2v) is 2.87. The zero-order chi connectivity index (χ0) is 8.53. The molecule has 11 heavy (non-hydrogen) atoms. The van der Waals surface area contributed by atoms with Gasteiger partial charge in [0.25, 0.3) is 0 Å². The summed E-state index contributed by atoms with van der Waals surface area (Å²) in [4.78, 5) is 3.57. The predicted octanol–water partition coefficient (Wildman–Crippen LogP) is 3.45. The van der Waals surface area contributed by atoms with Crippen molar-refractivity contribution in [3.63, 3.8) is 0 Å². The van der Waals surface area contributed by atoms with Gasteiger partial charge in [-0.25, -0.2) is 4.99 Å². The molecule has 0 fully saturated rings. The lowest BCUT2D eigenvalue weighted by Crippen LogP contribution is -1.74. The van der Waals surface area contributed by atoms with Gasteiger partial charge in [0.15, 0.2) is 0 Å². The molecular weight excluding hydrogens is 209 g/mol. The fourth-order valence-corrected chi connectivity index (χ4v) is 0.853. The van der Waals surface area contributed by atoms with E-state index in [2.05, 4.69) is 20.9 Å². The number of rotatable bonds is 5. The van der Waals surface area contributed by atoms with Crippen LogP contribution in [0.1, 0.15) is 26.2 Å². The molecule has 0 N–H and O–H groups in total.